The van der Waals surface area contributed by atoms with E-state index in [0.29, 0.717) is 138 Å². The van der Waals surface area contributed by atoms with Crippen molar-refractivity contribution in [1.82, 2.24) is 0 Å². The summed E-state index contributed by atoms with van der Waals surface area (Å²) in [6.45, 7) is 34.0. The van der Waals surface area contributed by atoms with Crippen molar-refractivity contribution >= 4 is 66.2 Å². The van der Waals surface area contributed by atoms with Gasteiger partial charge in [-0.15, -0.1) is 0 Å². The van der Waals surface area contributed by atoms with Crippen LogP contribution in [0.25, 0.3) is 0 Å². The number of carboxylic acid groups (broad SMARTS) is 1. The first-order chi connectivity index (χ1) is 48.0. The molecule has 22 unspecified atom stereocenters. The van der Waals surface area contributed by atoms with E-state index in [1.54, 1.807) is 0 Å². The second-order valence-electron chi connectivity index (χ2n) is 28.3. The summed E-state index contributed by atoms with van der Waals surface area (Å²) in [6, 6.07) is 0. The van der Waals surface area contributed by atoms with E-state index in [-0.39, 0.29) is 101 Å². The maximum absolute atomic E-state index is 11.4. The Hall–Kier alpha value is -8.49. The standard InChI is InChI=1S/C10H12O2.2C10H10O2.C9H10O3.C9H12O2.C9H10O2.C8H12O4.C5H6O2.C5H4O2.2C2H6/c3*1-5-8-6-2-3-7(4-6)9(8)10(11)12-5;10-8-6-4-1-2-5(3-4)7(6)9(11)12-8;2*1-6-7-4-2-3-5-8(7)9(10)11-6;9-5-12-7-4-2-1-3-6(7)8(10)11;2*1-4-2-3-5(6)7-4;2*1-2/h6-9H,1-4H2;2*2-3,6-9H,1,4H2;4-7H,1-3H2;7-8H,1-5H2;2-3,7-8H,1,4-5H2;5-7H,1-4H2,(H,10,11);1-3H2;2-3H,1H2;2*1-2H3. The van der Waals surface area contributed by atoms with Crippen molar-refractivity contribution in [2.24, 2.45) is 124 Å². The molecule has 0 aromatic carbocycles. The van der Waals surface area contributed by atoms with E-state index in [0.717, 1.165) is 76.4 Å². The van der Waals surface area contributed by atoms with Crippen molar-refractivity contribution < 1.29 is 100 Å². The Morgan fingerprint density at radius 1 is 0.420 bits per heavy atom. The van der Waals surface area contributed by atoms with Gasteiger partial charge in [-0.1, -0.05) is 129 Å². The van der Waals surface area contributed by atoms with Crippen LogP contribution in [0, 0.1) is 124 Å². The Labute approximate surface area is 585 Å². The number of fused-ring (bicyclic) bond motifs is 22. The summed E-state index contributed by atoms with van der Waals surface area (Å²) in [5, 5.41) is 8.74. The third-order valence-corrected chi connectivity index (χ3v) is 23.0. The molecule has 8 aliphatic heterocycles. The van der Waals surface area contributed by atoms with Gasteiger partial charge in [0.25, 0.3) is 6.47 Å². The van der Waals surface area contributed by atoms with Crippen LogP contribution in [0.1, 0.15) is 156 Å². The number of carbonyl (C=O) groups is 11. The Balaban J connectivity index is 0.000000131. The lowest BCUT2D eigenvalue weighted by Crippen LogP contribution is -2.33. The number of hydrogen-bond donors (Lipinski definition) is 1. The van der Waals surface area contributed by atoms with Gasteiger partial charge >= 0.3 is 59.7 Å². The van der Waals surface area contributed by atoms with Crippen molar-refractivity contribution in [2.45, 2.75) is 162 Å². The molecule has 21 heteroatoms. The molecular formula is C79H98O21. The lowest BCUT2D eigenvalue weighted by Gasteiger charge is -2.26. The molecule has 0 spiro atoms. The predicted octanol–water partition coefficient (Wildman–Crippen LogP) is 13.2. The summed E-state index contributed by atoms with van der Waals surface area (Å²) in [5.41, 5.74) is 0. The normalized spacial score (nSPS) is 37.7. The molecule has 540 valence electrons. The van der Waals surface area contributed by atoms with Gasteiger partial charge in [-0.3, -0.25) is 47.9 Å². The van der Waals surface area contributed by atoms with E-state index < -0.39 is 18.0 Å². The molecule has 7 saturated heterocycles. The summed E-state index contributed by atoms with van der Waals surface area (Å²) in [4.78, 5) is 120. The van der Waals surface area contributed by atoms with E-state index >= 15 is 0 Å². The van der Waals surface area contributed by atoms with Gasteiger partial charge < -0.3 is 47.7 Å². The fourth-order valence-electron chi connectivity index (χ4n) is 18.5. The first-order valence-corrected chi connectivity index (χ1v) is 36.1. The van der Waals surface area contributed by atoms with Gasteiger partial charge in [-0.25, -0.2) is 4.79 Å². The monoisotopic (exact) mass is 1380 g/mol. The highest BCUT2D eigenvalue weighted by molar-refractivity contribution is 5.97. The molecule has 100 heavy (non-hydrogen) atoms. The average Bonchev–Trinajstić information content (AvgIpc) is 1.61. The summed E-state index contributed by atoms with van der Waals surface area (Å²) in [7, 11) is 0. The Morgan fingerprint density at radius 3 is 1.23 bits per heavy atom. The van der Waals surface area contributed by atoms with Crippen molar-refractivity contribution in [3.63, 3.8) is 0 Å². The summed E-state index contributed by atoms with van der Waals surface area (Å²) < 4.78 is 43.3. The lowest BCUT2D eigenvalue weighted by atomic mass is 9.80. The van der Waals surface area contributed by atoms with E-state index in [1.807, 2.05) is 33.8 Å². The highest BCUT2D eigenvalue weighted by Gasteiger charge is 2.61. The molecule has 22 atom stereocenters. The molecule has 11 aliphatic carbocycles. The Bertz CT molecular complexity index is 3110. The summed E-state index contributed by atoms with van der Waals surface area (Å²) in [5.74, 6) is 8.19. The Morgan fingerprint density at radius 2 is 0.830 bits per heavy atom. The van der Waals surface area contributed by atoms with Gasteiger partial charge in [0, 0.05) is 42.1 Å². The molecule has 19 aliphatic rings. The summed E-state index contributed by atoms with van der Waals surface area (Å²) in [6.07, 6.45) is 35.2. The zero-order valence-corrected chi connectivity index (χ0v) is 58.1. The van der Waals surface area contributed by atoms with Crippen LogP contribution in [0.5, 0.6) is 0 Å². The number of aliphatic carboxylic acids is 1. The topological polar surface area (TPSA) is 291 Å². The molecule has 0 amide bonds. The first kappa shape index (κ1) is 75.7. The van der Waals surface area contributed by atoms with Crippen LogP contribution in [0.2, 0.25) is 0 Å². The largest absolute Gasteiger partial charge is 0.481 e. The number of ether oxygens (including phenoxy) is 9. The van der Waals surface area contributed by atoms with Crippen molar-refractivity contribution in [3.05, 3.63) is 135 Å². The SMILES string of the molecule is C=C1C=CC(=O)O1.C=C1CCC(=O)O1.C=C1OC(=O)C2C3C=CC(C3)C12.C=C1OC(=O)C2C3C=CC(C3)C12.C=C1OC(=O)C2C3CCC(C3)C12.C=C1OC(=O)C2CC=CCC12.C=C1OC(=O)C2CCCCC12.CC.CC.O=C1OC(=O)C2C3CCC(C3)C12.O=COC1CCCCC1C(=O)O. The minimum absolute atomic E-state index is 0.00259. The van der Waals surface area contributed by atoms with Gasteiger partial charge in [-0.05, 0) is 150 Å². The number of rotatable bonds is 3. The van der Waals surface area contributed by atoms with Crippen molar-refractivity contribution in [3.8, 4) is 0 Å². The molecule has 0 aromatic heterocycles. The molecule has 19 rings (SSSR count). The predicted molar refractivity (Wildman–Crippen MR) is 361 cm³/mol. The van der Waals surface area contributed by atoms with Gasteiger partial charge in [0.15, 0.2) is 0 Å². The molecule has 1 N–H and O–H groups in total. The van der Waals surface area contributed by atoms with E-state index in [2.05, 4.69) is 90.6 Å². The zero-order valence-electron chi connectivity index (χ0n) is 58.1. The minimum atomic E-state index is -0.860. The highest BCUT2D eigenvalue weighted by Crippen LogP contribution is 2.59. The molecule has 0 aromatic rings. The molecule has 21 nitrogen and oxygen atoms in total. The van der Waals surface area contributed by atoms with E-state index in [9.17, 15) is 52.7 Å². The van der Waals surface area contributed by atoms with Crippen LogP contribution in [-0.2, 0) is 95.4 Å². The highest BCUT2D eigenvalue weighted by atomic mass is 16.6. The summed E-state index contributed by atoms with van der Waals surface area (Å²) >= 11 is 0. The third-order valence-electron chi connectivity index (χ3n) is 23.0. The van der Waals surface area contributed by atoms with Gasteiger partial charge in [0.2, 0.25) is 0 Å². The number of hydrogen-bond acceptors (Lipinski definition) is 20. The number of allylic oxidation sites excluding steroid dienone is 13. The maximum atomic E-state index is 11.4. The van der Waals surface area contributed by atoms with Crippen LogP contribution < -0.4 is 0 Å². The van der Waals surface area contributed by atoms with Crippen molar-refractivity contribution in [1.29, 1.82) is 0 Å². The first-order valence-electron chi connectivity index (χ1n) is 36.1. The van der Waals surface area contributed by atoms with Crippen LogP contribution in [0.3, 0.4) is 0 Å². The zero-order chi connectivity index (χ0) is 72.4. The molecule has 15 fully saturated rings. The third kappa shape index (κ3) is 16.6. The number of carboxylic acids is 1. The van der Waals surface area contributed by atoms with Crippen molar-refractivity contribution in [2.75, 3.05) is 0 Å². The molecule has 8 heterocycles. The minimum Gasteiger partial charge on any atom is -0.481 e. The number of cyclic esters (lactones) is 9. The van der Waals surface area contributed by atoms with Crippen LogP contribution >= 0.6 is 0 Å². The van der Waals surface area contributed by atoms with Crippen LogP contribution in [0.15, 0.2) is 135 Å². The maximum Gasteiger partial charge on any atom is 0.336 e. The fourth-order valence-corrected chi connectivity index (χ4v) is 18.5. The number of carbonyl (C=O) groups excluding carboxylic acids is 10. The molecular weight excluding hydrogens is 1280 g/mol. The van der Waals surface area contributed by atoms with E-state index in [4.69, 9.17) is 33.5 Å². The van der Waals surface area contributed by atoms with E-state index in [1.165, 1.54) is 44.3 Å². The molecule has 0 radical (unpaired) electrons. The fraction of sp³-hybridized carbons (Fsp3) is 0.582. The van der Waals surface area contributed by atoms with Gasteiger partial charge in [0.1, 0.15) is 46.4 Å². The molecule has 8 saturated carbocycles. The quantitative estimate of drug-likeness (QED) is 0.0903. The number of esters is 9. The lowest BCUT2D eigenvalue weighted by molar-refractivity contribution is -0.156. The smallest absolute Gasteiger partial charge is 0.336 e. The van der Waals surface area contributed by atoms with Gasteiger partial charge in [0.05, 0.1) is 53.8 Å². The second kappa shape index (κ2) is 33.8. The average molecular weight is 1380 g/mol. The second-order valence-corrected chi connectivity index (χ2v) is 28.3. The molecule has 8 bridgehead atoms. The Kier molecular flexibility index (Phi) is 25.6. The van der Waals surface area contributed by atoms with Gasteiger partial charge in [-0.2, -0.15) is 0 Å². The van der Waals surface area contributed by atoms with Crippen LogP contribution in [-0.4, -0.2) is 77.4 Å². The van der Waals surface area contributed by atoms with Crippen LogP contribution in [0.4, 0.5) is 0 Å².